The lowest BCUT2D eigenvalue weighted by Crippen LogP contribution is -2.21. The summed E-state index contributed by atoms with van der Waals surface area (Å²) in [7, 11) is 2.81. The van der Waals surface area contributed by atoms with E-state index < -0.39 is 29.4 Å². The summed E-state index contributed by atoms with van der Waals surface area (Å²) in [4.78, 5) is 16.0. The van der Waals surface area contributed by atoms with Gasteiger partial charge in [0, 0.05) is 26.3 Å². The maximum absolute atomic E-state index is 13.1. The van der Waals surface area contributed by atoms with E-state index in [0.29, 0.717) is 12.1 Å². The second-order valence-corrected chi connectivity index (χ2v) is 5.89. The van der Waals surface area contributed by atoms with Gasteiger partial charge in [-0.25, -0.2) is 4.98 Å². The topological polar surface area (TPSA) is 63.2 Å². The summed E-state index contributed by atoms with van der Waals surface area (Å²) in [6, 6.07) is 3.65. The quantitative estimate of drug-likeness (QED) is 0.542. The Balaban J connectivity index is 2.60. The molecule has 0 aliphatic heterocycles. The molecule has 29 heavy (non-hydrogen) atoms. The molecule has 0 aliphatic carbocycles. The van der Waals surface area contributed by atoms with Crippen molar-refractivity contribution in [3.8, 4) is 11.3 Å². The predicted molar refractivity (Wildman–Crippen MR) is 93.4 cm³/mol. The van der Waals surface area contributed by atoms with Gasteiger partial charge < -0.3 is 15.4 Å². The van der Waals surface area contributed by atoms with Gasteiger partial charge in [-0.3, -0.25) is 4.79 Å². The van der Waals surface area contributed by atoms with Crippen LogP contribution in [0.25, 0.3) is 11.3 Å². The highest BCUT2D eigenvalue weighted by atomic mass is 19.4. The SMILES string of the molecule is CNC(=O)c1ccc(-c2cc(C(F)(F)F)cc(C(F)(F)F)c2)nc1NCCOC. The van der Waals surface area contributed by atoms with E-state index in [1.54, 1.807) is 0 Å². The van der Waals surface area contributed by atoms with E-state index in [-0.39, 0.29) is 41.9 Å². The molecule has 2 rings (SSSR count). The fraction of sp³-hybridized carbons (Fsp3) is 0.333. The van der Waals surface area contributed by atoms with Crippen LogP contribution in [0.4, 0.5) is 32.2 Å². The molecule has 5 nitrogen and oxygen atoms in total. The summed E-state index contributed by atoms with van der Waals surface area (Å²) in [5, 5.41) is 5.17. The van der Waals surface area contributed by atoms with E-state index in [1.165, 1.54) is 26.3 Å². The Kier molecular flexibility index (Phi) is 6.73. The Labute approximate surface area is 162 Å². The Morgan fingerprint density at radius 2 is 1.62 bits per heavy atom. The molecular weight excluding hydrogens is 404 g/mol. The van der Waals surface area contributed by atoms with Gasteiger partial charge in [-0.1, -0.05) is 0 Å². The monoisotopic (exact) mass is 421 g/mol. The van der Waals surface area contributed by atoms with Gasteiger partial charge in [-0.15, -0.1) is 0 Å². The van der Waals surface area contributed by atoms with Crippen molar-refractivity contribution >= 4 is 11.7 Å². The second-order valence-electron chi connectivity index (χ2n) is 5.89. The summed E-state index contributed by atoms with van der Waals surface area (Å²) < 4.78 is 83.4. The van der Waals surface area contributed by atoms with Gasteiger partial charge in [0.2, 0.25) is 0 Å². The molecule has 0 bridgehead atoms. The van der Waals surface area contributed by atoms with Crippen molar-refractivity contribution in [2.75, 3.05) is 32.6 Å². The molecule has 0 saturated carbocycles. The molecule has 0 radical (unpaired) electrons. The number of nitrogens with one attached hydrogen (secondary N) is 2. The van der Waals surface area contributed by atoms with E-state index in [0.717, 1.165) is 0 Å². The van der Waals surface area contributed by atoms with Crippen LogP contribution in [0, 0.1) is 0 Å². The van der Waals surface area contributed by atoms with Crippen molar-refractivity contribution in [2.24, 2.45) is 0 Å². The van der Waals surface area contributed by atoms with Crippen molar-refractivity contribution < 1.29 is 35.9 Å². The van der Waals surface area contributed by atoms with Crippen LogP contribution in [0.1, 0.15) is 21.5 Å². The highest BCUT2D eigenvalue weighted by molar-refractivity contribution is 5.99. The summed E-state index contributed by atoms with van der Waals surface area (Å²) in [6.07, 6.45) is -9.95. The molecule has 0 spiro atoms. The first-order chi connectivity index (χ1) is 13.5. The molecule has 0 saturated heterocycles. The van der Waals surface area contributed by atoms with E-state index in [9.17, 15) is 31.1 Å². The van der Waals surface area contributed by atoms with Crippen molar-refractivity contribution in [3.05, 3.63) is 47.0 Å². The fourth-order valence-corrected chi connectivity index (χ4v) is 2.45. The zero-order valence-electron chi connectivity index (χ0n) is 15.3. The molecule has 1 aromatic carbocycles. The predicted octanol–water partition coefficient (Wildman–Crippen LogP) is 4.20. The average Bonchev–Trinajstić information content (AvgIpc) is 2.65. The first-order valence-electron chi connectivity index (χ1n) is 8.23. The van der Waals surface area contributed by atoms with E-state index >= 15 is 0 Å². The number of nitrogens with zero attached hydrogens (tertiary/aromatic N) is 1. The van der Waals surface area contributed by atoms with Gasteiger partial charge >= 0.3 is 12.4 Å². The van der Waals surface area contributed by atoms with Crippen LogP contribution in [0.15, 0.2) is 30.3 Å². The van der Waals surface area contributed by atoms with Gasteiger partial charge in [0.05, 0.1) is 29.0 Å². The van der Waals surface area contributed by atoms with E-state index in [1.807, 2.05) is 0 Å². The summed E-state index contributed by atoms with van der Waals surface area (Å²) in [5.74, 6) is -0.520. The lowest BCUT2D eigenvalue weighted by atomic mass is 10.0. The zero-order valence-corrected chi connectivity index (χ0v) is 15.3. The number of halogens is 6. The number of hydrogen-bond acceptors (Lipinski definition) is 4. The van der Waals surface area contributed by atoms with Crippen LogP contribution >= 0.6 is 0 Å². The van der Waals surface area contributed by atoms with Crippen molar-refractivity contribution in [1.82, 2.24) is 10.3 Å². The summed E-state index contributed by atoms with van der Waals surface area (Å²) >= 11 is 0. The average molecular weight is 421 g/mol. The Morgan fingerprint density at radius 1 is 1.03 bits per heavy atom. The normalized spacial score (nSPS) is 12.0. The molecule has 2 aromatic rings. The number of hydrogen-bond donors (Lipinski definition) is 2. The first kappa shape index (κ1) is 22.5. The molecule has 0 atom stereocenters. The van der Waals surface area contributed by atoms with Gasteiger partial charge in [0.1, 0.15) is 5.82 Å². The number of rotatable bonds is 6. The number of aromatic nitrogens is 1. The number of methoxy groups -OCH3 is 1. The van der Waals surface area contributed by atoms with Crippen molar-refractivity contribution in [1.29, 1.82) is 0 Å². The Hall–Kier alpha value is -2.82. The maximum Gasteiger partial charge on any atom is 0.416 e. The maximum atomic E-state index is 13.1. The van der Waals surface area contributed by atoms with E-state index in [2.05, 4.69) is 15.6 Å². The van der Waals surface area contributed by atoms with Crippen LogP contribution < -0.4 is 10.6 Å². The number of alkyl halides is 6. The van der Waals surface area contributed by atoms with E-state index in [4.69, 9.17) is 4.74 Å². The molecule has 2 N–H and O–H groups in total. The first-order valence-corrected chi connectivity index (χ1v) is 8.23. The van der Waals surface area contributed by atoms with Gasteiger partial charge in [0.15, 0.2) is 0 Å². The summed E-state index contributed by atoms with van der Waals surface area (Å²) in [6.45, 7) is 0.453. The number of ether oxygens (including phenoxy) is 1. The minimum atomic E-state index is -4.97. The number of carbonyl (C=O) groups excluding carboxylic acids is 1. The second kappa shape index (κ2) is 8.68. The minimum Gasteiger partial charge on any atom is -0.383 e. The Morgan fingerprint density at radius 3 is 2.10 bits per heavy atom. The van der Waals surface area contributed by atoms with Crippen LogP contribution in [-0.2, 0) is 17.1 Å². The van der Waals surface area contributed by atoms with Crippen LogP contribution in [0.3, 0.4) is 0 Å². The molecule has 1 heterocycles. The molecular formula is C18H17F6N3O2. The van der Waals surface area contributed by atoms with Crippen LogP contribution in [0.2, 0.25) is 0 Å². The highest BCUT2D eigenvalue weighted by Crippen LogP contribution is 2.38. The van der Waals surface area contributed by atoms with Crippen molar-refractivity contribution in [3.63, 3.8) is 0 Å². The number of pyridine rings is 1. The van der Waals surface area contributed by atoms with Crippen LogP contribution in [0.5, 0.6) is 0 Å². The molecule has 0 unspecified atom stereocenters. The lowest BCUT2D eigenvalue weighted by Gasteiger charge is -2.15. The number of carbonyl (C=O) groups is 1. The number of benzene rings is 1. The molecule has 0 fully saturated rings. The standard InChI is InChI=1S/C18H17F6N3O2/c1-25-16(28)13-3-4-14(27-15(13)26-5-6-29-2)10-7-11(17(19,20)21)9-12(8-10)18(22,23)24/h3-4,7-9H,5-6H2,1-2H3,(H,25,28)(H,26,27). The molecule has 0 aliphatic rings. The Bertz CT molecular complexity index is 849. The molecule has 1 amide bonds. The highest BCUT2D eigenvalue weighted by Gasteiger charge is 2.37. The van der Waals surface area contributed by atoms with Crippen LogP contribution in [-0.4, -0.2) is 38.2 Å². The van der Waals surface area contributed by atoms with Crippen molar-refractivity contribution in [2.45, 2.75) is 12.4 Å². The third-order valence-corrected chi connectivity index (χ3v) is 3.85. The third-order valence-electron chi connectivity index (χ3n) is 3.85. The largest absolute Gasteiger partial charge is 0.416 e. The van der Waals surface area contributed by atoms with Gasteiger partial charge in [0.25, 0.3) is 5.91 Å². The summed E-state index contributed by atoms with van der Waals surface area (Å²) in [5.41, 5.74) is -3.36. The molecule has 11 heteroatoms. The smallest absolute Gasteiger partial charge is 0.383 e. The minimum absolute atomic E-state index is 0.00451. The number of amides is 1. The third kappa shape index (κ3) is 5.59. The van der Waals surface area contributed by atoms with Gasteiger partial charge in [-0.2, -0.15) is 26.3 Å². The molecule has 1 aromatic heterocycles. The lowest BCUT2D eigenvalue weighted by molar-refractivity contribution is -0.143. The fourth-order valence-electron chi connectivity index (χ4n) is 2.45. The number of anilines is 1. The molecule has 158 valence electrons. The zero-order chi connectivity index (χ0) is 21.8. The van der Waals surface area contributed by atoms with Gasteiger partial charge in [-0.05, 0) is 30.3 Å².